The molecule has 0 fully saturated rings. The Hall–Kier alpha value is -2.07. The first-order valence-corrected chi connectivity index (χ1v) is 9.30. The van der Waals surface area contributed by atoms with E-state index < -0.39 is 50.6 Å². The normalized spacial score (nSPS) is 11.9. The second kappa shape index (κ2) is 9.04. The van der Waals surface area contributed by atoms with Gasteiger partial charge in [-0.1, -0.05) is 0 Å². The van der Waals surface area contributed by atoms with Crippen molar-refractivity contribution in [2.24, 2.45) is 0 Å². The van der Waals surface area contributed by atoms with Crippen LogP contribution in [0.2, 0.25) is 0 Å². The molecule has 0 aromatic heterocycles. The predicted molar refractivity (Wildman–Crippen MR) is 89.6 cm³/mol. The Kier molecular flexibility index (Phi) is 7.64. The summed E-state index contributed by atoms with van der Waals surface area (Å²) >= 11 is 0. The molecule has 0 unspecified atom stereocenters. The highest BCUT2D eigenvalue weighted by atomic mass is 32.2. The summed E-state index contributed by atoms with van der Waals surface area (Å²) in [6, 6.07) is 2.11. The molecule has 0 aliphatic rings. The highest BCUT2D eigenvalue weighted by Gasteiger charge is 2.19. The third-order valence-electron chi connectivity index (χ3n) is 2.91. The summed E-state index contributed by atoms with van der Waals surface area (Å²) in [7, 11) is -4.16. The fraction of sp³-hybridized carbons (Fsp3) is 0.500. The zero-order valence-electron chi connectivity index (χ0n) is 14.8. The van der Waals surface area contributed by atoms with Crippen LogP contribution in [0.5, 0.6) is 0 Å². The summed E-state index contributed by atoms with van der Waals surface area (Å²) in [6.45, 7) is 4.76. The first-order valence-electron chi connectivity index (χ1n) is 7.82. The number of ether oxygens (including phenoxy) is 1. The first kappa shape index (κ1) is 22.0. The third kappa shape index (κ3) is 7.87. The largest absolute Gasteiger partial charge is 0.456 e. The van der Waals surface area contributed by atoms with Gasteiger partial charge in [-0.05, 0) is 39.3 Å². The van der Waals surface area contributed by atoms with Gasteiger partial charge in [0.2, 0.25) is 10.0 Å². The van der Waals surface area contributed by atoms with Crippen molar-refractivity contribution in [2.45, 2.75) is 44.0 Å². The molecule has 1 aromatic rings. The van der Waals surface area contributed by atoms with Crippen LogP contribution in [0.1, 0.15) is 33.6 Å². The molecule has 10 heteroatoms. The zero-order valence-corrected chi connectivity index (χ0v) is 15.6. The van der Waals surface area contributed by atoms with Crippen LogP contribution in [0, 0.1) is 11.6 Å². The van der Waals surface area contributed by atoms with Gasteiger partial charge in [0.25, 0.3) is 5.91 Å². The van der Waals surface area contributed by atoms with Gasteiger partial charge in [0, 0.05) is 24.6 Å². The molecule has 1 rings (SSSR count). The average molecular weight is 392 g/mol. The Morgan fingerprint density at radius 3 is 2.42 bits per heavy atom. The molecule has 0 aliphatic heterocycles. The van der Waals surface area contributed by atoms with Crippen LogP contribution in [0.25, 0.3) is 0 Å². The van der Waals surface area contributed by atoms with E-state index in [1.807, 2.05) is 0 Å². The topological polar surface area (TPSA) is 102 Å². The SMILES string of the molecule is CC(C)(C)NC(=O)COC(=O)CCCNS(=O)(=O)c1ccc(F)cc1F. The number of amides is 1. The Morgan fingerprint density at radius 2 is 1.85 bits per heavy atom. The molecular weight excluding hydrogens is 370 g/mol. The molecule has 0 aliphatic carbocycles. The number of halogens is 2. The Morgan fingerprint density at radius 1 is 1.19 bits per heavy atom. The van der Waals surface area contributed by atoms with E-state index in [-0.39, 0.29) is 19.4 Å². The van der Waals surface area contributed by atoms with Crippen LogP contribution in [-0.2, 0) is 24.3 Å². The molecule has 0 heterocycles. The number of benzene rings is 1. The van der Waals surface area contributed by atoms with Gasteiger partial charge in [0.15, 0.2) is 6.61 Å². The molecular formula is C16H22F2N2O5S. The second-order valence-electron chi connectivity index (χ2n) is 6.53. The zero-order chi connectivity index (χ0) is 20.0. The second-order valence-corrected chi connectivity index (χ2v) is 8.27. The summed E-state index contributed by atoms with van der Waals surface area (Å²) in [5.41, 5.74) is -0.447. The maximum atomic E-state index is 13.5. The van der Waals surface area contributed by atoms with Crippen LogP contribution in [0.4, 0.5) is 8.78 Å². The molecule has 0 radical (unpaired) electrons. The van der Waals surface area contributed by atoms with E-state index >= 15 is 0 Å². The molecule has 0 bridgehead atoms. The van der Waals surface area contributed by atoms with Gasteiger partial charge in [-0.2, -0.15) is 0 Å². The van der Waals surface area contributed by atoms with E-state index in [9.17, 15) is 26.8 Å². The summed E-state index contributed by atoms with van der Waals surface area (Å²) in [4.78, 5) is 22.3. The smallest absolute Gasteiger partial charge is 0.306 e. The standard InChI is InChI=1S/C16H22F2N2O5S/c1-16(2,3)20-14(21)10-25-15(22)5-4-8-19-26(23,24)13-7-6-11(17)9-12(13)18/h6-7,9,19H,4-5,8,10H2,1-3H3,(H,20,21). The molecule has 0 atom stereocenters. The lowest BCUT2D eigenvalue weighted by atomic mass is 10.1. The lowest BCUT2D eigenvalue weighted by Crippen LogP contribution is -2.42. The average Bonchev–Trinajstić information content (AvgIpc) is 2.47. The van der Waals surface area contributed by atoms with Gasteiger partial charge >= 0.3 is 5.97 Å². The number of rotatable bonds is 8. The summed E-state index contributed by atoms with van der Waals surface area (Å²) < 4.78 is 57.0. The van der Waals surface area contributed by atoms with E-state index in [0.29, 0.717) is 6.07 Å². The molecule has 1 aromatic carbocycles. The molecule has 0 saturated heterocycles. The van der Waals surface area contributed by atoms with Crippen molar-refractivity contribution in [2.75, 3.05) is 13.2 Å². The fourth-order valence-corrected chi connectivity index (χ4v) is 3.01. The maximum absolute atomic E-state index is 13.5. The minimum Gasteiger partial charge on any atom is -0.456 e. The van der Waals surface area contributed by atoms with Crippen LogP contribution in [0.3, 0.4) is 0 Å². The van der Waals surface area contributed by atoms with Crippen LogP contribution >= 0.6 is 0 Å². The lowest BCUT2D eigenvalue weighted by Gasteiger charge is -2.20. The van der Waals surface area contributed by atoms with Gasteiger partial charge in [-0.25, -0.2) is 21.9 Å². The van der Waals surface area contributed by atoms with Crippen molar-refractivity contribution < 1.29 is 31.5 Å². The van der Waals surface area contributed by atoms with Crippen LogP contribution in [-0.4, -0.2) is 39.0 Å². The van der Waals surface area contributed by atoms with Gasteiger partial charge in [-0.15, -0.1) is 0 Å². The summed E-state index contributed by atoms with van der Waals surface area (Å²) in [6.07, 6.45) is -0.0427. The minimum atomic E-state index is -4.16. The van der Waals surface area contributed by atoms with Crippen molar-refractivity contribution >= 4 is 21.9 Å². The number of hydrogen-bond donors (Lipinski definition) is 2. The molecule has 26 heavy (non-hydrogen) atoms. The summed E-state index contributed by atoms with van der Waals surface area (Å²) in [5, 5.41) is 2.62. The van der Waals surface area contributed by atoms with Gasteiger partial charge in [0.05, 0.1) is 0 Å². The van der Waals surface area contributed by atoms with Crippen molar-refractivity contribution in [1.29, 1.82) is 0 Å². The molecule has 1 amide bonds. The van der Waals surface area contributed by atoms with E-state index in [1.165, 1.54) is 0 Å². The Balaban J connectivity index is 2.37. The Bertz CT molecular complexity index is 760. The number of nitrogens with one attached hydrogen (secondary N) is 2. The molecule has 146 valence electrons. The molecule has 7 nitrogen and oxygen atoms in total. The molecule has 0 saturated carbocycles. The van der Waals surface area contributed by atoms with Crippen molar-refractivity contribution in [3.05, 3.63) is 29.8 Å². The first-order chi connectivity index (χ1) is 11.9. The highest BCUT2D eigenvalue weighted by molar-refractivity contribution is 7.89. The number of hydrogen-bond acceptors (Lipinski definition) is 5. The van der Waals surface area contributed by atoms with Crippen molar-refractivity contribution in [1.82, 2.24) is 10.0 Å². The molecule has 2 N–H and O–H groups in total. The number of carbonyl (C=O) groups excluding carboxylic acids is 2. The van der Waals surface area contributed by atoms with E-state index in [4.69, 9.17) is 4.74 Å². The predicted octanol–water partition coefficient (Wildman–Crippen LogP) is 1.48. The fourth-order valence-electron chi connectivity index (χ4n) is 1.88. The van der Waals surface area contributed by atoms with Crippen molar-refractivity contribution in [3.63, 3.8) is 0 Å². The van der Waals surface area contributed by atoms with Gasteiger partial charge in [0.1, 0.15) is 16.5 Å². The monoisotopic (exact) mass is 392 g/mol. The lowest BCUT2D eigenvalue weighted by molar-refractivity contribution is -0.149. The van der Waals surface area contributed by atoms with Crippen LogP contribution < -0.4 is 10.0 Å². The minimum absolute atomic E-state index is 0.0851. The van der Waals surface area contributed by atoms with Crippen LogP contribution in [0.15, 0.2) is 23.1 Å². The Labute approximate surface area is 151 Å². The van der Waals surface area contributed by atoms with Gasteiger partial charge in [-0.3, -0.25) is 9.59 Å². The van der Waals surface area contributed by atoms with Crippen molar-refractivity contribution in [3.8, 4) is 0 Å². The number of carbonyl (C=O) groups is 2. The van der Waals surface area contributed by atoms with E-state index in [2.05, 4.69) is 10.0 Å². The number of sulfonamides is 1. The summed E-state index contributed by atoms with van der Waals surface area (Å²) in [5.74, 6) is -3.21. The van der Waals surface area contributed by atoms with E-state index in [1.54, 1.807) is 20.8 Å². The maximum Gasteiger partial charge on any atom is 0.306 e. The quantitative estimate of drug-likeness (QED) is 0.515. The third-order valence-corrected chi connectivity index (χ3v) is 4.41. The van der Waals surface area contributed by atoms with Gasteiger partial charge < -0.3 is 10.1 Å². The highest BCUT2D eigenvalue weighted by Crippen LogP contribution is 2.15. The van der Waals surface area contributed by atoms with E-state index in [0.717, 1.165) is 12.1 Å². The molecule has 0 spiro atoms. The number of esters is 1.